The van der Waals surface area contributed by atoms with Crippen LogP contribution in [0, 0.1) is 23.7 Å². The number of allylic oxidation sites excluding steroid dienone is 1. The zero-order valence-electron chi connectivity index (χ0n) is 23.0. The topological polar surface area (TPSA) is 76.5 Å². The number of Topliss-reactive ketones (excluding diaryl/α,β-unsaturated/α-hetero) is 1. The van der Waals surface area contributed by atoms with Crippen molar-refractivity contribution in [3.63, 3.8) is 0 Å². The first-order valence-corrected chi connectivity index (χ1v) is 14.3. The Labute approximate surface area is 221 Å². The van der Waals surface area contributed by atoms with Gasteiger partial charge in [0, 0.05) is 23.6 Å². The Morgan fingerprint density at radius 3 is 2.67 bits per heavy atom. The van der Waals surface area contributed by atoms with Crippen molar-refractivity contribution in [3.8, 4) is 0 Å². The van der Waals surface area contributed by atoms with E-state index in [2.05, 4.69) is 38.4 Å². The van der Waals surface area contributed by atoms with Crippen molar-refractivity contribution in [2.75, 3.05) is 0 Å². The van der Waals surface area contributed by atoms with E-state index in [0.717, 1.165) is 42.0 Å². The first-order chi connectivity index (χ1) is 17.1. The molecule has 5 nitrogen and oxygen atoms in total. The van der Waals surface area contributed by atoms with Gasteiger partial charge in [0.15, 0.2) is 0 Å². The number of aliphatic hydroxyl groups is 1. The van der Waals surface area contributed by atoms with Crippen LogP contribution in [-0.4, -0.2) is 34.1 Å². The molecule has 1 aromatic rings. The van der Waals surface area contributed by atoms with E-state index in [4.69, 9.17) is 4.74 Å². The van der Waals surface area contributed by atoms with E-state index in [1.165, 1.54) is 16.9 Å². The van der Waals surface area contributed by atoms with Crippen molar-refractivity contribution in [3.05, 3.63) is 39.9 Å². The Morgan fingerprint density at radius 1 is 1.31 bits per heavy atom. The second-order valence-corrected chi connectivity index (χ2v) is 11.4. The van der Waals surface area contributed by atoms with Crippen molar-refractivity contribution >= 4 is 35.2 Å². The molecule has 0 unspecified atom stereocenters. The number of esters is 1. The molecule has 0 spiro atoms. The van der Waals surface area contributed by atoms with Gasteiger partial charge >= 0.3 is 5.97 Å². The van der Waals surface area contributed by atoms with Crippen molar-refractivity contribution in [1.29, 1.82) is 0 Å². The second-order valence-electron chi connectivity index (χ2n) is 10.6. The first-order valence-electron chi connectivity index (χ1n) is 13.4. The lowest BCUT2D eigenvalue weighted by Gasteiger charge is -2.30. The summed E-state index contributed by atoms with van der Waals surface area (Å²) >= 11 is 1.51. The van der Waals surface area contributed by atoms with Gasteiger partial charge in [-0.2, -0.15) is 0 Å². The molecule has 0 aliphatic carbocycles. The molecule has 6 atom stereocenters. The number of ketones is 1. The molecule has 2 heterocycles. The summed E-state index contributed by atoms with van der Waals surface area (Å²) in [7, 11) is 0. The third kappa shape index (κ3) is 8.81. The number of carbonyl (C=O) groups excluding carboxylic acids is 2. The Balaban J connectivity index is 2.33. The van der Waals surface area contributed by atoms with Crippen LogP contribution in [0.25, 0.3) is 12.2 Å². The molecule has 1 aromatic heterocycles. The molecule has 0 bridgehead atoms. The van der Waals surface area contributed by atoms with Crippen LogP contribution in [0.4, 0.5) is 0 Å². The van der Waals surface area contributed by atoms with E-state index in [-0.39, 0.29) is 24.0 Å². The fourth-order valence-corrected chi connectivity index (χ4v) is 5.55. The highest BCUT2D eigenvalue weighted by atomic mass is 32.1. The zero-order valence-corrected chi connectivity index (χ0v) is 23.8. The molecule has 2 rings (SSSR count). The average molecular weight is 516 g/mol. The van der Waals surface area contributed by atoms with Crippen LogP contribution in [0.3, 0.4) is 0 Å². The predicted molar refractivity (Wildman–Crippen MR) is 149 cm³/mol. The fraction of sp³-hybridized carbons (Fsp3) is 0.633. The van der Waals surface area contributed by atoms with Gasteiger partial charge in [0.25, 0.3) is 0 Å². The van der Waals surface area contributed by atoms with E-state index in [0.29, 0.717) is 18.8 Å². The maximum absolute atomic E-state index is 13.4. The van der Waals surface area contributed by atoms with E-state index >= 15 is 0 Å². The Hall–Kier alpha value is -2.05. The quantitative estimate of drug-likeness (QED) is 0.330. The molecule has 0 fully saturated rings. The molecule has 0 aromatic carbocycles. The minimum absolute atomic E-state index is 0.0638. The van der Waals surface area contributed by atoms with Gasteiger partial charge in [-0.15, -0.1) is 11.3 Å². The highest BCUT2D eigenvalue weighted by molar-refractivity contribution is 7.10. The monoisotopic (exact) mass is 515 g/mol. The number of carbonyl (C=O) groups is 2. The number of rotatable bonds is 5. The Morgan fingerprint density at radius 2 is 2.03 bits per heavy atom. The van der Waals surface area contributed by atoms with Gasteiger partial charge in [0.1, 0.15) is 16.9 Å². The van der Waals surface area contributed by atoms with Gasteiger partial charge in [0.05, 0.1) is 18.2 Å². The number of hydrogen-bond acceptors (Lipinski definition) is 6. The smallest absolute Gasteiger partial charge is 0.309 e. The molecular formula is C30H45NO4S. The summed E-state index contributed by atoms with van der Waals surface area (Å²) in [5.41, 5.74) is 2.97. The van der Waals surface area contributed by atoms with Crippen molar-refractivity contribution in [1.82, 2.24) is 4.98 Å². The lowest BCUT2D eigenvalue weighted by Crippen LogP contribution is -2.37. The summed E-state index contributed by atoms with van der Waals surface area (Å²) in [6, 6.07) is 0. The van der Waals surface area contributed by atoms with E-state index < -0.39 is 24.1 Å². The maximum atomic E-state index is 13.4. The van der Waals surface area contributed by atoms with Crippen LogP contribution >= 0.6 is 11.3 Å². The number of aromatic nitrogens is 1. The number of ether oxygens (including phenoxy) is 1. The number of thiazole rings is 1. The van der Waals surface area contributed by atoms with Crippen LogP contribution in [0.2, 0.25) is 0 Å². The largest absolute Gasteiger partial charge is 0.457 e. The molecule has 0 saturated carbocycles. The molecule has 36 heavy (non-hydrogen) atoms. The molecule has 6 heteroatoms. The summed E-state index contributed by atoms with van der Waals surface area (Å²) in [5, 5.41) is 13.8. The van der Waals surface area contributed by atoms with Crippen LogP contribution in [0.15, 0.2) is 29.2 Å². The zero-order chi connectivity index (χ0) is 26.8. The van der Waals surface area contributed by atoms with Gasteiger partial charge in [-0.3, -0.25) is 9.59 Å². The van der Waals surface area contributed by atoms with Crippen molar-refractivity contribution in [2.45, 2.75) is 98.7 Å². The van der Waals surface area contributed by atoms with Crippen molar-refractivity contribution in [2.24, 2.45) is 23.7 Å². The van der Waals surface area contributed by atoms with Gasteiger partial charge in [-0.25, -0.2) is 4.98 Å². The van der Waals surface area contributed by atoms with Crippen LogP contribution in [0.1, 0.15) is 97.2 Å². The fourth-order valence-electron chi connectivity index (χ4n) is 4.93. The van der Waals surface area contributed by atoms with Gasteiger partial charge in [-0.1, -0.05) is 58.8 Å². The maximum Gasteiger partial charge on any atom is 0.309 e. The molecule has 0 saturated heterocycles. The lowest BCUT2D eigenvalue weighted by molar-refractivity contribution is -0.151. The molecule has 200 valence electrons. The van der Waals surface area contributed by atoms with E-state index in [1.54, 1.807) is 6.08 Å². The Kier molecular flexibility index (Phi) is 12.3. The first kappa shape index (κ1) is 30.2. The highest BCUT2D eigenvalue weighted by Crippen LogP contribution is 2.31. The second kappa shape index (κ2) is 14.6. The predicted octanol–water partition coefficient (Wildman–Crippen LogP) is 7.27. The van der Waals surface area contributed by atoms with E-state index in [1.807, 2.05) is 32.2 Å². The SMILES string of the molecule is C=Cc1nc(/C=C(\C)[C@@H]2C/C=C(/C)CCC[C@H](C)[C@H](C)[C@@H](C)C(=O)[C@@H](CCC)[C@@H](O)CC(=O)O2)cs1. The number of cyclic esters (lactones) is 1. The summed E-state index contributed by atoms with van der Waals surface area (Å²) in [6.07, 6.45) is 9.12. The van der Waals surface area contributed by atoms with Crippen LogP contribution < -0.4 is 0 Å². The van der Waals surface area contributed by atoms with Crippen LogP contribution in [0.5, 0.6) is 0 Å². The van der Waals surface area contributed by atoms with Crippen LogP contribution in [-0.2, 0) is 14.3 Å². The molecular weight excluding hydrogens is 470 g/mol. The third-order valence-corrected chi connectivity index (χ3v) is 8.58. The van der Waals surface area contributed by atoms with Gasteiger partial charge in [0.2, 0.25) is 0 Å². The lowest BCUT2D eigenvalue weighted by atomic mass is 9.75. The summed E-state index contributed by atoms with van der Waals surface area (Å²) in [5.74, 6) is -0.503. The molecule has 1 aliphatic heterocycles. The van der Waals surface area contributed by atoms with Crippen molar-refractivity contribution < 1.29 is 19.4 Å². The summed E-state index contributed by atoms with van der Waals surface area (Å²) in [4.78, 5) is 30.9. The Bertz CT molecular complexity index is 947. The average Bonchev–Trinajstić information content (AvgIpc) is 3.30. The minimum atomic E-state index is -1.04. The minimum Gasteiger partial charge on any atom is -0.457 e. The number of hydrogen-bond donors (Lipinski definition) is 1. The normalized spacial score (nSPS) is 31.4. The molecule has 0 amide bonds. The molecule has 1 N–H and O–H groups in total. The number of aliphatic hydroxyl groups excluding tert-OH is 1. The van der Waals surface area contributed by atoms with Gasteiger partial charge < -0.3 is 9.84 Å². The summed E-state index contributed by atoms with van der Waals surface area (Å²) in [6.45, 7) is 16.2. The molecule has 0 radical (unpaired) electrons. The number of nitrogens with zero attached hydrogens (tertiary/aromatic N) is 1. The molecule has 1 aliphatic rings. The summed E-state index contributed by atoms with van der Waals surface area (Å²) < 4.78 is 5.90. The third-order valence-electron chi connectivity index (χ3n) is 7.72. The standard InChI is InChI=1S/C30H45NO4S/c1-8-11-25-26(32)17-29(33)35-27(21(5)16-24-18-36-28(9-2)31-24)15-14-19(3)12-10-13-20(4)22(6)23(7)30(25)34/h9,14,16,18,20,22-23,25-27,32H,2,8,10-13,15,17H2,1,3-7H3/b19-14-,21-16+/t20-,22-,23+,25-,26-,27-/m0/s1. The van der Waals surface area contributed by atoms with Gasteiger partial charge in [-0.05, 0) is 62.7 Å². The highest BCUT2D eigenvalue weighted by Gasteiger charge is 2.35. The van der Waals surface area contributed by atoms with E-state index in [9.17, 15) is 14.7 Å².